The summed E-state index contributed by atoms with van der Waals surface area (Å²) >= 11 is 6.50. The molecule has 7 rings (SSSR count). The van der Waals surface area contributed by atoms with Gasteiger partial charge in [0.2, 0.25) is 0 Å². The van der Waals surface area contributed by atoms with Crippen LogP contribution in [0.1, 0.15) is 66.8 Å². The van der Waals surface area contributed by atoms with Crippen molar-refractivity contribution in [1.82, 2.24) is 15.3 Å². The maximum Gasteiger partial charge on any atom is 0.339 e. The lowest BCUT2D eigenvalue weighted by atomic mass is 9.52. The van der Waals surface area contributed by atoms with Crippen molar-refractivity contribution in [3.63, 3.8) is 0 Å². The van der Waals surface area contributed by atoms with E-state index in [9.17, 15) is 14.7 Å². The van der Waals surface area contributed by atoms with E-state index in [0.29, 0.717) is 66.1 Å². The number of nitrogens with one attached hydrogen (secondary N) is 1. The summed E-state index contributed by atoms with van der Waals surface area (Å²) in [6.45, 7) is 6.18. The minimum absolute atomic E-state index is 0.0948. The van der Waals surface area contributed by atoms with Crippen LogP contribution in [-0.4, -0.2) is 70.9 Å². The van der Waals surface area contributed by atoms with E-state index in [0.717, 1.165) is 37.9 Å². The number of carbonyl (C=O) groups is 2. The van der Waals surface area contributed by atoms with Gasteiger partial charge >= 0.3 is 5.97 Å². The lowest BCUT2D eigenvalue weighted by molar-refractivity contribution is -0.136. The van der Waals surface area contributed by atoms with E-state index in [-0.39, 0.29) is 18.0 Å². The number of halogens is 1. The molecule has 2 aromatic heterocycles. The summed E-state index contributed by atoms with van der Waals surface area (Å²) in [4.78, 5) is 38.8. The number of esters is 1. The molecule has 10 heteroatoms. The molecule has 0 aromatic carbocycles. The second kappa shape index (κ2) is 10.2. The SMILES string of the molecule is CCOC(=O)c1cnc(N2CCN(c3cccc(C(=O)NC4[C@@H]5CC6C[C@@H]4CC(O)(C6)C5)n3)[C@H](C)C2)c(Cl)c1. The fraction of sp³-hybridized carbons (Fsp3) is 0.586. The Balaban J connectivity index is 1.11. The number of ether oxygens (including phenoxy) is 1. The van der Waals surface area contributed by atoms with Gasteiger partial charge in [-0.1, -0.05) is 17.7 Å². The molecule has 5 aliphatic rings. The monoisotopic (exact) mass is 553 g/mol. The number of anilines is 2. The van der Waals surface area contributed by atoms with E-state index < -0.39 is 11.6 Å². The van der Waals surface area contributed by atoms with Crippen molar-refractivity contribution in [2.24, 2.45) is 17.8 Å². The largest absolute Gasteiger partial charge is 0.462 e. The minimum atomic E-state index is -0.517. The number of rotatable bonds is 6. The number of aliphatic hydroxyl groups is 1. The van der Waals surface area contributed by atoms with Crippen LogP contribution >= 0.6 is 11.6 Å². The van der Waals surface area contributed by atoms with Crippen molar-refractivity contribution in [1.29, 1.82) is 0 Å². The Hall–Kier alpha value is -2.91. The summed E-state index contributed by atoms with van der Waals surface area (Å²) in [5, 5.41) is 14.6. The van der Waals surface area contributed by atoms with Crippen LogP contribution in [0.2, 0.25) is 5.02 Å². The van der Waals surface area contributed by atoms with Crippen LogP contribution in [0.3, 0.4) is 0 Å². The molecule has 4 bridgehead atoms. The van der Waals surface area contributed by atoms with Gasteiger partial charge in [0.15, 0.2) is 0 Å². The Morgan fingerprint density at radius 2 is 1.97 bits per heavy atom. The molecule has 4 saturated carbocycles. The molecule has 3 atom stereocenters. The van der Waals surface area contributed by atoms with E-state index in [2.05, 4.69) is 27.0 Å². The highest BCUT2D eigenvalue weighted by Gasteiger charge is 2.55. The summed E-state index contributed by atoms with van der Waals surface area (Å²) in [6, 6.07) is 7.43. The zero-order valence-corrected chi connectivity index (χ0v) is 23.2. The number of hydrogen-bond donors (Lipinski definition) is 2. The lowest BCUT2D eigenvalue weighted by Crippen LogP contribution is -2.61. The molecule has 1 amide bonds. The molecule has 39 heavy (non-hydrogen) atoms. The Bertz CT molecular complexity index is 1260. The van der Waals surface area contributed by atoms with Gasteiger partial charge in [0, 0.05) is 37.9 Å². The molecule has 4 aliphatic carbocycles. The Morgan fingerprint density at radius 1 is 1.21 bits per heavy atom. The van der Waals surface area contributed by atoms with Crippen molar-refractivity contribution in [3.05, 3.63) is 46.7 Å². The molecule has 1 saturated heterocycles. The molecule has 9 nitrogen and oxygen atoms in total. The molecule has 0 spiro atoms. The number of amides is 1. The smallest absolute Gasteiger partial charge is 0.339 e. The van der Waals surface area contributed by atoms with Crippen LogP contribution in [0.25, 0.3) is 0 Å². The van der Waals surface area contributed by atoms with Gasteiger partial charge in [0.1, 0.15) is 17.3 Å². The highest BCUT2D eigenvalue weighted by atomic mass is 35.5. The van der Waals surface area contributed by atoms with Gasteiger partial charge in [-0.15, -0.1) is 0 Å². The van der Waals surface area contributed by atoms with Crippen LogP contribution in [0, 0.1) is 17.8 Å². The Labute approximate surface area is 233 Å². The predicted octanol–water partition coefficient (Wildman–Crippen LogP) is 3.69. The van der Waals surface area contributed by atoms with Crippen molar-refractivity contribution in [3.8, 4) is 0 Å². The molecule has 2 N–H and O–H groups in total. The summed E-state index contributed by atoms with van der Waals surface area (Å²) in [5.41, 5.74) is 0.242. The van der Waals surface area contributed by atoms with E-state index >= 15 is 0 Å². The molecular weight excluding hydrogens is 518 g/mol. The second-order valence-electron chi connectivity index (χ2n) is 11.8. The zero-order valence-electron chi connectivity index (χ0n) is 22.5. The van der Waals surface area contributed by atoms with Gasteiger partial charge in [-0.25, -0.2) is 14.8 Å². The molecule has 5 fully saturated rings. The van der Waals surface area contributed by atoms with Gasteiger partial charge < -0.3 is 25.0 Å². The summed E-state index contributed by atoms with van der Waals surface area (Å²) in [6.07, 6.45) is 6.23. The molecule has 3 heterocycles. The highest BCUT2D eigenvalue weighted by molar-refractivity contribution is 6.33. The number of carbonyl (C=O) groups excluding carboxylic acids is 2. The summed E-state index contributed by atoms with van der Waals surface area (Å²) in [5.74, 6) is 2.14. The molecule has 1 aliphatic heterocycles. The highest BCUT2D eigenvalue weighted by Crippen LogP contribution is 2.55. The maximum atomic E-state index is 13.3. The van der Waals surface area contributed by atoms with Crippen LogP contribution in [0.5, 0.6) is 0 Å². The van der Waals surface area contributed by atoms with E-state index in [1.807, 2.05) is 12.1 Å². The van der Waals surface area contributed by atoms with Crippen LogP contribution in [0.4, 0.5) is 11.6 Å². The van der Waals surface area contributed by atoms with E-state index in [4.69, 9.17) is 21.3 Å². The number of nitrogens with zero attached hydrogens (tertiary/aromatic N) is 4. The first-order chi connectivity index (χ1) is 18.7. The molecule has 0 unspecified atom stereocenters. The lowest BCUT2D eigenvalue weighted by Gasteiger charge is -2.58. The maximum absolute atomic E-state index is 13.3. The number of pyridine rings is 2. The average molecular weight is 554 g/mol. The molecule has 208 valence electrons. The predicted molar refractivity (Wildman–Crippen MR) is 148 cm³/mol. The van der Waals surface area contributed by atoms with Crippen molar-refractivity contribution >= 4 is 35.1 Å². The van der Waals surface area contributed by atoms with Gasteiger partial charge in [0.25, 0.3) is 5.91 Å². The first kappa shape index (κ1) is 26.3. The fourth-order valence-electron chi connectivity index (χ4n) is 7.63. The van der Waals surface area contributed by atoms with E-state index in [1.165, 1.54) is 6.20 Å². The average Bonchev–Trinajstić information content (AvgIpc) is 2.90. The second-order valence-corrected chi connectivity index (χ2v) is 12.2. The zero-order chi connectivity index (χ0) is 27.3. The summed E-state index contributed by atoms with van der Waals surface area (Å²) in [7, 11) is 0. The third-order valence-corrected chi connectivity index (χ3v) is 9.34. The first-order valence-corrected chi connectivity index (χ1v) is 14.5. The van der Waals surface area contributed by atoms with Crippen molar-refractivity contribution in [2.75, 3.05) is 36.0 Å². The first-order valence-electron chi connectivity index (χ1n) is 14.1. The normalized spacial score (nSPS) is 31.3. The van der Waals surface area contributed by atoms with Crippen LogP contribution in [-0.2, 0) is 4.74 Å². The Kier molecular flexibility index (Phi) is 6.91. The molecular formula is C29H36ClN5O4. The van der Waals surface area contributed by atoms with Gasteiger partial charge in [0.05, 0.1) is 22.8 Å². The fourth-order valence-corrected chi connectivity index (χ4v) is 7.92. The van der Waals surface area contributed by atoms with Crippen molar-refractivity contribution < 1.29 is 19.4 Å². The van der Waals surface area contributed by atoms with Gasteiger partial charge in [-0.2, -0.15) is 0 Å². The number of hydrogen-bond acceptors (Lipinski definition) is 8. The van der Waals surface area contributed by atoms with E-state index in [1.54, 1.807) is 19.1 Å². The van der Waals surface area contributed by atoms with Gasteiger partial charge in [-0.3, -0.25) is 4.79 Å². The number of aromatic nitrogens is 2. The summed E-state index contributed by atoms with van der Waals surface area (Å²) < 4.78 is 5.04. The quantitative estimate of drug-likeness (QED) is 0.522. The van der Waals surface area contributed by atoms with Crippen LogP contribution in [0.15, 0.2) is 30.5 Å². The Morgan fingerprint density at radius 3 is 2.64 bits per heavy atom. The standard InChI is InChI=1S/C29H36ClN5O4/c1-3-39-28(37)21-11-22(30)26(31-15-21)34-7-8-35(17(2)16-34)24-6-4-5-23(32-24)27(36)33-25-19-9-18-10-20(25)14-29(38,12-18)13-19/h4-6,11,15,17-20,25,38H,3,7-10,12-14,16H2,1-2H3,(H,33,36)/t17-,18?,19-,20-,25?,29?/m1/s1. The topological polar surface area (TPSA) is 108 Å². The minimum Gasteiger partial charge on any atom is -0.462 e. The van der Waals surface area contributed by atoms with Gasteiger partial charge in [-0.05, 0) is 81.9 Å². The molecule has 2 aromatic rings. The van der Waals surface area contributed by atoms with Crippen molar-refractivity contribution in [2.45, 2.75) is 63.6 Å². The third-order valence-electron chi connectivity index (χ3n) is 9.06. The third kappa shape index (κ3) is 5.07. The van der Waals surface area contributed by atoms with Crippen LogP contribution < -0.4 is 15.1 Å². The molecule has 0 radical (unpaired) electrons. The number of piperazine rings is 1.